The van der Waals surface area contributed by atoms with E-state index in [4.69, 9.17) is 0 Å². The summed E-state index contributed by atoms with van der Waals surface area (Å²) >= 11 is 0. The summed E-state index contributed by atoms with van der Waals surface area (Å²) < 4.78 is 0. The molecule has 0 amide bonds. The lowest BCUT2D eigenvalue weighted by Gasteiger charge is -2.27. The Bertz CT molecular complexity index is 2810. The molecule has 0 aliphatic heterocycles. The Morgan fingerprint density at radius 2 is 0.925 bits per heavy atom. The van der Waals surface area contributed by atoms with Crippen LogP contribution < -0.4 is 4.90 Å². The van der Waals surface area contributed by atoms with E-state index in [2.05, 4.69) is 183 Å². The third kappa shape index (κ3) is 5.70. The molecule has 2 heteroatoms. The quantitative estimate of drug-likeness (QED) is 0.164. The Kier molecular flexibility index (Phi) is 8.03. The van der Waals surface area contributed by atoms with Gasteiger partial charge in [-0.3, -0.25) is 0 Å². The van der Waals surface area contributed by atoms with E-state index < -0.39 is 0 Å². The summed E-state index contributed by atoms with van der Waals surface area (Å²) in [6.45, 7) is 4.29. The van der Waals surface area contributed by atoms with Crippen LogP contribution in [0.5, 0.6) is 0 Å². The number of hydrogen-bond acceptors (Lipinski definition) is 2. The minimum absolute atomic E-state index is 0.641. The molecule has 0 saturated heterocycles. The zero-order chi connectivity index (χ0) is 35.9. The maximum absolute atomic E-state index is 9.61. The summed E-state index contributed by atoms with van der Waals surface area (Å²) in [5.74, 6) is 0. The molecule has 53 heavy (non-hydrogen) atoms. The largest absolute Gasteiger partial charge is 0.310 e. The van der Waals surface area contributed by atoms with Gasteiger partial charge >= 0.3 is 0 Å². The van der Waals surface area contributed by atoms with Gasteiger partial charge in [0.1, 0.15) is 0 Å². The van der Waals surface area contributed by atoms with Crippen LogP contribution in [0, 0.1) is 25.2 Å². The van der Waals surface area contributed by atoms with Crippen LogP contribution in [0.4, 0.5) is 17.1 Å². The molecule has 0 N–H and O–H groups in total. The number of rotatable bonds is 6. The molecular formula is C51H36N2. The van der Waals surface area contributed by atoms with Crippen LogP contribution in [0.15, 0.2) is 182 Å². The van der Waals surface area contributed by atoms with Crippen molar-refractivity contribution in [2.24, 2.45) is 0 Å². The molecule has 0 spiro atoms. The van der Waals surface area contributed by atoms with E-state index in [0.29, 0.717) is 5.56 Å². The van der Waals surface area contributed by atoms with Crippen molar-refractivity contribution < 1.29 is 0 Å². The second-order valence-electron chi connectivity index (χ2n) is 13.8. The number of benzene rings is 9. The summed E-state index contributed by atoms with van der Waals surface area (Å²) in [5, 5.41) is 16.9. The molecule has 9 aromatic carbocycles. The highest BCUT2D eigenvalue weighted by atomic mass is 15.1. The van der Waals surface area contributed by atoms with Gasteiger partial charge in [-0.15, -0.1) is 0 Å². The maximum atomic E-state index is 9.61. The second-order valence-corrected chi connectivity index (χ2v) is 13.8. The van der Waals surface area contributed by atoms with Gasteiger partial charge in [0.15, 0.2) is 0 Å². The highest BCUT2D eigenvalue weighted by molar-refractivity contribution is 6.33. The molecule has 0 radical (unpaired) electrons. The van der Waals surface area contributed by atoms with E-state index in [1.807, 2.05) is 24.3 Å². The molecule has 250 valence electrons. The predicted molar refractivity (Wildman–Crippen MR) is 224 cm³/mol. The van der Waals surface area contributed by atoms with Crippen LogP contribution in [0.2, 0.25) is 0 Å². The standard InChI is InChI=1S/C51H36N2/c1-34-28-35(2)30-42(29-34)53(40-24-22-36(33-52)23-25-40)41-26-27-45-48(31-41)43-20-12-13-21-44(43)50-47(38-16-8-4-9-17-38)32-46(37-14-6-3-7-15-37)49(51(45)50)39-18-10-5-11-19-39/h3-32H,1-2H3. The van der Waals surface area contributed by atoms with Crippen LogP contribution in [0.1, 0.15) is 16.7 Å². The van der Waals surface area contributed by atoms with Crippen molar-refractivity contribution in [1.29, 1.82) is 5.26 Å². The van der Waals surface area contributed by atoms with Gasteiger partial charge in [0.05, 0.1) is 11.6 Å². The van der Waals surface area contributed by atoms with Crippen LogP contribution in [0.25, 0.3) is 65.7 Å². The van der Waals surface area contributed by atoms with Crippen LogP contribution in [-0.4, -0.2) is 0 Å². The van der Waals surface area contributed by atoms with Gasteiger partial charge in [0, 0.05) is 17.1 Å². The minimum Gasteiger partial charge on any atom is -0.310 e. The number of nitrogens with zero attached hydrogens (tertiary/aromatic N) is 2. The van der Waals surface area contributed by atoms with Crippen LogP contribution >= 0.6 is 0 Å². The Morgan fingerprint density at radius 1 is 0.396 bits per heavy atom. The van der Waals surface area contributed by atoms with Crippen molar-refractivity contribution in [3.05, 3.63) is 199 Å². The maximum Gasteiger partial charge on any atom is 0.0991 e. The van der Waals surface area contributed by atoms with E-state index >= 15 is 0 Å². The molecule has 0 atom stereocenters. The minimum atomic E-state index is 0.641. The smallest absolute Gasteiger partial charge is 0.0991 e. The summed E-state index contributed by atoms with van der Waals surface area (Å²) in [5.41, 5.74) is 13.4. The lowest BCUT2D eigenvalue weighted by atomic mass is 9.81. The fourth-order valence-electron chi connectivity index (χ4n) is 8.09. The molecular weight excluding hydrogens is 641 g/mol. The summed E-state index contributed by atoms with van der Waals surface area (Å²) in [7, 11) is 0. The molecule has 0 aromatic heterocycles. The van der Waals surface area contributed by atoms with Crippen molar-refractivity contribution in [2.45, 2.75) is 13.8 Å². The van der Waals surface area contributed by atoms with Gasteiger partial charge in [-0.1, -0.05) is 127 Å². The van der Waals surface area contributed by atoms with E-state index in [1.165, 1.54) is 76.8 Å². The average molecular weight is 677 g/mol. The summed E-state index contributed by atoms with van der Waals surface area (Å²) in [4.78, 5) is 2.31. The number of aryl methyl sites for hydroxylation is 2. The Morgan fingerprint density at radius 3 is 1.55 bits per heavy atom. The zero-order valence-corrected chi connectivity index (χ0v) is 29.7. The van der Waals surface area contributed by atoms with Crippen molar-refractivity contribution in [2.75, 3.05) is 4.90 Å². The topological polar surface area (TPSA) is 27.0 Å². The van der Waals surface area contributed by atoms with E-state index in [1.54, 1.807) is 0 Å². The molecule has 0 unspecified atom stereocenters. The van der Waals surface area contributed by atoms with Crippen molar-refractivity contribution in [1.82, 2.24) is 0 Å². The van der Waals surface area contributed by atoms with E-state index in [0.717, 1.165) is 17.1 Å². The highest BCUT2D eigenvalue weighted by Gasteiger charge is 2.23. The van der Waals surface area contributed by atoms with Gasteiger partial charge in [-0.25, -0.2) is 0 Å². The fourth-order valence-corrected chi connectivity index (χ4v) is 8.09. The first kappa shape index (κ1) is 32.0. The van der Waals surface area contributed by atoms with Gasteiger partial charge in [-0.05, 0) is 145 Å². The SMILES string of the molecule is Cc1cc(C)cc(N(c2ccc(C#N)cc2)c2ccc3c(c2)c2ccccc2c2c(-c4ccccc4)cc(-c4ccccc4)c(-c4ccccc4)c32)c1. The lowest BCUT2D eigenvalue weighted by Crippen LogP contribution is -2.10. The average Bonchev–Trinajstić information content (AvgIpc) is 3.21. The Hall–Kier alpha value is -6.95. The molecule has 0 aliphatic rings. The highest BCUT2D eigenvalue weighted by Crippen LogP contribution is 2.50. The van der Waals surface area contributed by atoms with Crippen molar-refractivity contribution in [3.8, 4) is 39.4 Å². The first-order valence-corrected chi connectivity index (χ1v) is 18.1. The normalized spacial score (nSPS) is 11.2. The second kappa shape index (κ2) is 13.3. The van der Waals surface area contributed by atoms with Crippen LogP contribution in [0.3, 0.4) is 0 Å². The molecule has 0 aliphatic carbocycles. The third-order valence-electron chi connectivity index (χ3n) is 10.3. The predicted octanol–water partition coefficient (Wildman–Crippen LogP) is 14.1. The van der Waals surface area contributed by atoms with Crippen LogP contribution in [-0.2, 0) is 0 Å². The monoisotopic (exact) mass is 676 g/mol. The Balaban J connectivity index is 1.45. The number of anilines is 3. The number of fused-ring (bicyclic) bond motifs is 6. The van der Waals surface area contributed by atoms with Crippen molar-refractivity contribution in [3.63, 3.8) is 0 Å². The first-order valence-electron chi connectivity index (χ1n) is 18.1. The molecule has 0 fully saturated rings. The molecule has 0 bridgehead atoms. The Labute approximate surface area is 310 Å². The van der Waals surface area contributed by atoms with Gasteiger partial charge < -0.3 is 4.90 Å². The fraction of sp³-hybridized carbons (Fsp3) is 0.0392. The van der Waals surface area contributed by atoms with E-state index in [-0.39, 0.29) is 0 Å². The molecule has 2 nitrogen and oxygen atoms in total. The molecule has 9 rings (SSSR count). The van der Waals surface area contributed by atoms with Gasteiger partial charge in [0.2, 0.25) is 0 Å². The van der Waals surface area contributed by atoms with Gasteiger partial charge in [-0.2, -0.15) is 5.26 Å². The third-order valence-corrected chi connectivity index (χ3v) is 10.3. The number of hydrogen-bond donors (Lipinski definition) is 0. The molecule has 0 heterocycles. The van der Waals surface area contributed by atoms with E-state index in [9.17, 15) is 5.26 Å². The van der Waals surface area contributed by atoms with Gasteiger partial charge in [0.25, 0.3) is 0 Å². The zero-order valence-electron chi connectivity index (χ0n) is 29.7. The lowest BCUT2D eigenvalue weighted by molar-refractivity contribution is 1.26. The molecule has 0 saturated carbocycles. The summed E-state index contributed by atoms with van der Waals surface area (Å²) in [6.07, 6.45) is 0. The molecule has 9 aromatic rings. The van der Waals surface area contributed by atoms with Crippen molar-refractivity contribution >= 4 is 49.4 Å². The summed E-state index contributed by atoms with van der Waals surface area (Å²) in [6, 6.07) is 67.6. The first-order chi connectivity index (χ1) is 26.1. The number of nitriles is 1.